The predicted molar refractivity (Wildman–Crippen MR) is 72.0 cm³/mol. The number of hydrogen-bond acceptors (Lipinski definition) is 3. The molecule has 96 valence electrons. The lowest BCUT2D eigenvalue weighted by atomic mass is 9.94. The van der Waals surface area contributed by atoms with E-state index in [1.807, 2.05) is 6.07 Å². The lowest BCUT2D eigenvalue weighted by Crippen LogP contribution is -2.30. The van der Waals surface area contributed by atoms with E-state index < -0.39 is 0 Å². The average Bonchev–Trinajstić information content (AvgIpc) is 2.36. The standard InChI is InChI=1S/C12H16ClNO2.ClH/c1-15-11-5-8-3-4-14-10(7-13)9(8)6-12(11)16-2;/h5-6,10,14H,3-4,7H2,1-2H3;1H. The molecule has 0 radical (unpaired) electrons. The molecule has 0 aliphatic carbocycles. The van der Waals surface area contributed by atoms with Crippen molar-refractivity contribution >= 4 is 24.0 Å². The number of alkyl halides is 1. The largest absolute Gasteiger partial charge is 0.493 e. The van der Waals surface area contributed by atoms with E-state index in [1.165, 1.54) is 11.1 Å². The second kappa shape index (κ2) is 6.34. The second-order valence-electron chi connectivity index (χ2n) is 3.82. The Bertz CT molecular complexity index is 385. The number of fused-ring (bicyclic) bond motifs is 1. The molecule has 0 bridgehead atoms. The van der Waals surface area contributed by atoms with E-state index in [-0.39, 0.29) is 18.4 Å². The van der Waals surface area contributed by atoms with Crippen LogP contribution in [0.1, 0.15) is 17.2 Å². The Kier molecular flexibility index (Phi) is 5.37. The lowest BCUT2D eigenvalue weighted by molar-refractivity contribution is 0.352. The third-order valence-electron chi connectivity index (χ3n) is 2.96. The first-order valence-corrected chi connectivity index (χ1v) is 5.87. The van der Waals surface area contributed by atoms with Crippen molar-refractivity contribution < 1.29 is 9.47 Å². The van der Waals surface area contributed by atoms with Crippen molar-refractivity contribution in [3.63, 3.8) is 0 Å². The molecular formula is C12H17Cl2NO2. The van der Waals surface area contributed by atoms with Crippen molar-refractivity contribution in [2.45, 2.75) is 12.5 Å². The molecule has 1 aliphatic rings. The molecule has 5 heteroatoms. The van der Waals surface area contributed by atoms with Crippen LogP contribution in [0.4, 0.5) is 0 Å². The highest BCUT2D eigenvalue weighted by molar-refractivity contribution is 6.18. The summed E-state index contributed by atoms with van der Waals surface area (Å²) in [5, 5.41) is 3.39. The monoisotopic (exact) mass is 277 g/mol. The van der Waals surface area contributed by atoms with Gasteiger partial charge in [0.25, 0.3) is 0 Å². The van der Waals surface area contributed by atoms with Gasteiger partial charge in [-0.25, -0.2) is 0 Å². The quantitative estimate of drug-likeness (QED) is 0.862. The van der Waals surface area contributed by atoms with E-state index in [2.05, 4.69) is 11.4 Å². The van der Waals surface area contributed by atoms with Crippen LogP contribution in [0.5, 0.6) is 11.5 Å². The highest BCUT2D eigenvalue weighted by Gasteiger charge is 2.21. The van der Waals surface area contributed by atoms with Crippen LogP contribution >= 0.6 is 24.0 Å². The molecule has 1 aromatic rings. The molecule has 0 saturated heterocycles. The summed E-state index contributed by atoms with van der Waals surface area (Å²) in [7, 11) is 3.31. The molecule has 17 heavy (non-hydrogen) atoms. The van der Waals surface area contributed by atoms with Crippen LogP contribution in [0.15, 0.2) is 12.1 Å². The van der Waals surface area contributed by atoms with Crippen molar-refractivity contribution in [3.05, 3.63) is 23.3 Å². The Hall–Kier alpha value is -0.640. The van der Waals surface area contributed by atoms with E-state index in [9.17, 15) is 0 Å². The first-order valence-electron chi connectivity index (χ1n) is 5.34. The minimum atomic E-state index is 0. The molecule has 1 heterocycles. The van der Waals surface area contributed by atoms with Gasteiger partial charge in [0.15, 0.2) is 11.5 Å². The average molecular weight is 278 g/mol. The summed E-state index contributed by atoms with van der Waals surface area (Å²) < 4.78 is 10.6. The predicted octanol–water partition coefficient (Wildman–Crippen LogP) is 2.55. The van der Waals surface area contributed by atoms with Crippen molar-refractivity contribution in [3.8, 4) is 11.5 Å². The summed E-state index contributed by atoms with van der Waals surface area (Å²) in [4.78, 5) is 0. The maximum Gasteiger partial charge on any atom is 0.161 e. The molecule has 0 spiro atoms. The summed E-state index contributed by atoms with van der Waals surface area (Å²) in [6, 6.07) is 4.28. The number of rotatable bonds is 3. The van der Waals surface area contributed by atoms with Gasteiger partial charge in [0, 0.05) is 11.9 Å². The van der Waals surface area contributed by atoms with Gasteiger partial charge in [-0.05, 0) is 36.2 Å². The van der Waals surface area contributed by atoms with Gasteiger partial charge in [-0.3, -0.25) is 0 Å². The molecular weight excluding hydrogens is 261 g/mol. The Balaban J connectivity index is 0.00000144. The topological polar surface area (TPSA) is 30.5 Å². The number of methoxy groups -OCH3 is 2. The summed E-state index contributed by atoms with van der Waals surface area (Å²) in [5.41, 5.74) is 2.51. The van der Waals surface area contributed by atoms with Crippen LogP contribution in [0.3, 0.4) is 0 Å². The van der Waals surface area contributed by atoms with E-state index in [4.69, 9.17) is 21.1 Å². The fourth-order valence-electron chi connectivity index (χ4n) is 2.11. The van der Waals surface area contributed by atoms with Gasteiger partial charge in [0.2, 0.25) is 0 Å². The fourth-order valence-corrected chi connectivity index (χ4v) is 2.38. The molecule has 2 rings (SSSR count). The summed E-state index contributed by atoms with van der Waals surface area (Å²) in [6.45, 7) is 0.958. The molecule has 0 amide bonds. The van der Waals surface area contributed by atoms with Crippen molar-refractivity contribution in [2.24, 2.45) is 0 Å². The highest BCUT2D eigenvalue weighted by Crippen LogP contribution is 2.35. The smallest absolute Gasteiger partial charge is 0.161 e. The highest BCUT2D eigenvalue weighted by atomic mass is 35.5. The number of hydrogen-bond donors (Lipinski definition) is 1. The first kappa shape index (κ1) is 14.4. The SMILES string of the molecule is COc1cc2c(cc1OC)C(CCl)NCC2.Cl. The molecule has 0 saturated carbocycles. The van der Waals surface area contributed by atoms with E-state index in [0.717, 1.165) is 24.5 Å². The van der Waals surface area contributed by atoms with E-state index in [0.29, 0.717) is 5.88 Å². The molecule has 1 atom stereocenters. The van der Waals surface area contributed by atoms with Gasteiger partial charge in [-0.2, -0.15) is 0 Å². The van der Waals surface area contributed by atoms with E-state index in [1.54, 1.807) is 14.2 Å². The third-order valence-corrected chi connectivity index (χ3v) is 3.27. The van der Waals surface area contributed by atoms with Gasteiger partial charge in [-0.1, -0.05) is 0 Å². The Morgan fingerprint density at radius 1 is 1.29 bits per heavy atom. The normalized spacial score (nSPS) is 17.9. The molecule has 0 aromatic heterocycles. The molecule has 1 N–H and O–H groups in total. The Morgan fingerprint density at radius 3 is 2.53 bits per heavy atom. The van der Waals surface area contributed by atoms with Crippen LogP contribution < -0.4 is 14.8 Å². The number of ether oxygens (including phenoxy) is 2. The zero-order valence-corrected chi connectivity index (χ0v) is 11.5. The number of nitrogens with one attached hydrogen (secondary N) is 1. The maximum absolute atomic E-state index is 5.94. The van der Waals surface area contributed by atoms with E-state index >= 15 is 0 Å². The summed E-state index contributed by atoms with van der Waals surface area (Å²) in [5.74, 6) is 2.12. The lowest BCUT2D eigenvalue weighted by Gasteiger charge is -2.26. The minimum absolute atomic E-state index is 0. The Labute approximate surface area is 113 Å². The number of benzene rings is 1. The van der Waals surface area contributed by atoms with Gasteiger partial charge >= 0.3 is 0 Å². The minimum Gasteiger partial charge on any atom is -0.493 e. The van der Waals surface area contributed by atoms with Gasteiger partial charge in [0.05, 0.1) is 14.2 Å². The van der Waals surface area contributed by atoms with Crippen LogP contribution in [-0.2, 0) is 6.42 Å². The van der Waals surface area contributed by atoms with Gasteiger partial charge < -0.3 is 14.8 Å². The molecule has 3 nitrogen and oxygen atoms in total. The second-order valence-corrected chi connectivity index (χ2v) is 4.13. The van der Waals surface area contributed by atoms with Crippen molar-refractivity contribution in [1.29, 1.82) is 0 Å². The van der Waals surface area contributed by atoms with Crippen molar-refractivity contribution in [2.75, 3.05) is 26.6 Å². The van der Waals surface area contributed by atoms with Crippen LogP contribution in [-0.4, -0.2) is 26.6 Å². The molecule has 1 unspecified atom stereocenters. The zero-order chi connectivity index (χ0) is 11.5. The van der Waals surface area contributed by atoms with Crippen molar-refractivity contribution in [1.82, 2.24) is 5.32 Å². The molecule has 1 aliphatic heterocycles. The zero-order valence-electron chi connectivity index (χ0n) is 9.96. The molecule has 0 fully saturated rings. The summed E-state index contributed by atoms with van der Waals surface area (Å²) >= 11 is 5.94. The Morgan fingerprint density at radius 2 is 1.94 bits per heavy atom. The fraction of sp³-hybridized carbons (Fsp3) is 0.500. The summed E-state index contributed by atoms with van der Waals surface area (Å²) in [6.07, 6.45) is 1.00. The first-order chi connectivity index (χ1) is 7.80. The van der Waals surface area contributed by atoms with Crippen LogP contribution in [0.2, 0.25) is 0 Å². The number of halogens is 2. The van der Waals surface area contributed by atoms with Gasteiger partial charge in [-0.15, -0.1) is 24.0 Å². The third kappa shape index (κ3) is 2.79. The maximum atomic E-state index is 5.94. The van der Waals surface area contributed by atoms with Gasteiger partial charge in [0.1, 0.15) is 0 Å². The van der Waals surface area contributed by atoms with Crippen LogP contribution in [0, 0.1) is 0 Å². The molecule has 1 aromatic carbocycles. The van der Waals surface area contributed by atoms with Crippen LogP contribution in [0.25, 0.3) is 0 Å².